The third-order valence-electron chi connectivity index (χ3n) is 1.25. The molecule has 0 N–H and O–H groups in total. The summed E-state index contributed by atoms with van der Waals surface area (Å²) in [6.45, 7) is 4.60. The lowest BCUT2D eigenvalue weighted by Gasteiger charge is -2.14. The summed E-state index contributed by atoms with van der Waals surface area (Å²) in [4.78, 5) is 0. The smallest absolute Gasteiger partial charge is 0.0755 e. The molecule has 1 atom stereocenters. The van der Waals surface area contributed by atoms with Crippen LogP contribution in [-0.2, 0) is 4.74 Å². The molecule has 0 aromatic carbocycles. The van der Waals surface area contributed by atoms with E-state index < -0.39 is 0 Å². The van der Waals surface area contributed by atoms with Gasteiger partial charge in [-0.3, -0.25) is 0 Å². The molecule has 1 aliphatic rings. The summed E-state index contributed by atoms with van der Waals surface area (Å²) in [6.07, 6.45) is 6.45. The Bertz CT molecular complexity index is 86.4. The quantitative estimate of drug-likeness (QED) is 0.466. The second-order valence-corrected chi connectivity index (χ2v) is 1.91. The highest BCUT2D eigenvalue weighted by molar-refractivity contribution is 4.93. The van der Waals surface area contributed by atoms with Gasteiger partial charge in [-0.2, -0.15) is 0 Å². The molecule has 0 aromatic rings. The first-order chi connectivity index (χ1) is 3.93. The van der Waals surface area contributed by atoms with Gasteiger partial charge in [-0.25, -0.2) is 0 Å². The standard InChI is InChI=1S/C7H11O/c1-2-7-5-3-4-6-8-7/h3,5,7H,1-2,4,6H2. The second kappa shape index (κ2) is 2.88. The van der Waals surface area contributed by atoms with E-state index in [1.807, 2.05) is 0 Å². The number of hydrogen-bond donors (Lipinski definition) is 0. The van der Waals surface area contributed by atoms with Crippen molar-refractivity contribution in [3.8, 4) is 0 Å². The Balaban J connectivity index is 2.32. The average Bonchev–Trinajstić information content (AvgIpc) is 1.90. The first-order valence-corrected chi connectivity index (χ1v) is 3.01. The van der Waals surface area contributed by atoms with E-state index in [0.717, 1.165) is 19.4 Å². The fourth-order valence-corrected chi connectivity index (χ4v) is 0.771. The summed E-state index contributed by atoms with van der Waals surface area (Å²) in [6, 6.07) is 0. The molecule has 0 aromatic heterocycles. The van der Waals surface area contributed by atoms with Gasteiger partial charge in [0.05, 0.1) is 12.7 Å². The third-order valence-corrected chi connectivity index (χ3v) is 1.25. The van der Waals surface area contributed by atoms with Crippen LogP contribution in [0.1, 0.15) is 12.8 Å². The fourth-order valence-electron chi connectivity index (χ4n) is 0.771. The van der Waals surface area contributed by atoms with Crippen LogP contribution in [0.2, 0.25) is 0 Å². The molecule has 1 nitrogen and oxygen atoms in total. The van der Waals surface area contributed by atoms with Gasteiger partial charge in [0, 0.05) is 0 Å². The molecular weight excluding hydrogens is 100 g/mol. The Hall–Kier alpha value is -0.300. The van der Waals surface area contributed by atoms with E-state index in [1.54, 1.807) is 0 Å². The molecule has 45 valence electrons. The molecule has 1 heterocycles. The summed E-state index contributed by atoms with van der Waals surface area (Å²) >= 11 is 0. The molecule has 0 aliphatic carbocycles. The minimum atomic E-state index is 0.295. The lowest BCUT2D eigenvalue weighted by Crippen LogP contribution is -2.12. The Morgan fingerprint density at radius 3 is 3.00 bits per heavy atom. The van der Waals surface area contributed by atoms with Crippen LogP contribution in [0, 0.1) is 6.92 Å². The third kappa shape index (κ3) is 1.34. The van der Waals surface area contributed by atoms with Crippen LogP contribution >= 0.6 is 0 Å². The molecule has 1 aliphatic heterocycles. The Morgan fingerprint density at radius 1 is 1.75 bits per heavy atom. The monoisotopic (exact) mass is 111 g/mol. The van der Waals surface area contributed by atoms with Crippen molar-refractivity contribution in [2.24, 2.45) is 0 Å². The van der Waals surface area contributed by atoms with Crippen molar-refractivity contribution in [1.82, 2.24) is 0 Å². The number of hydrogen-bond acceptors (Lipinski definition) is 1. The van der Waals surface area contributed by atoms with Gasteiger partial charge in [-0.15, -0.1) is 0 Å². The maximum absolute atomic E-state index is 5.28. The van der Waals surface area contributed by atoms with Crippen molar-refractivity contribution >= 4 is 0 Å². The van der Waals surface area contributed by atoms with Crippen molar-refractivity contribution in [3.05, 3.63) is 19.1 Å². The van der Waals surface area contributed by atoms with Crippen molar-refractivity contribution in [3.63, 3.8) is 0 Å². The van der Waals surface area contributed by atoms with Gasteiger partial charge in [0.15, 0.2) is 0 Å². The predicted octanol–water partition coefficient (Wildman–Crippen LogP) is 1.56. The second-order valence-electron chi connectivity index (χ2n) is 1.91. The first-order valence-electron chi connectivity index (χ1n) is 3.01. The van der Waals surface area contributed by atoms with E-state index in [-0.39, 0.29) is 0 Å². The zero-order valence-electron chi connectivity index (χ0n) is 4.97. The summed E-state index contributed by atoms with van der Waals surface area (Å²) in [5.41, 5.74) is 0. The Labute approximate surface area is 50.3 Å². The van der Waals surface area contributed by atoms with Crippen LogP contribution in [0.4, 0.5) is 0 Å². The topological polar surface area (TPSA) is 9.23 Å². The number of ether oxygens (including phenoxy) is 1. The Kier molecular flexibility index (Phi) is 2.10. The minimum absolute atomic E-state index is 0.295. The molecule has 0 bridgehead atoms. The molecule has 1 radical (unpaired) electrons. The van der Waals surface area contributed by atoms with Crippen molar-refractivity contribution < 1.29 is 4.74 Å². The molecule has 0 saturated carbocycles. The van der Waals surface area contributed by atoms with Gasteiger partial charge in [0.25, 0.3) is 0 Å². The van der Waals surface area contributed by atoms with E-state index in [2.05, 4.69) is 19.1 Å². The van der Waals surface area contributed by atoms with Crippen molar-refractivity contribution in [2.45, 2.75) is 18.9 Å². The normalized spacial score (nSPS) is 28.4. The van der Waals surface area contributed by atoms with Crippen LogP contribution in [0.5, 0.6) is 0 Å². The maximum Gasteiger partial charge on any atom is 0.0755 e. The van der Waals surface area contributed by atoms with E-state index in [0.29, 0.717) is 6.10 Å². The van der Waals surface area contributed by atoms with Gasteiger partial charge < -0.3 is 4.74 Å². The van der Waals surface area contributed by atoms with Crippen LogP contribution < -0.4 is 0 Å². The van der Waals surface area contributed by atoms with Gasteiger partial charge in [0.2, 0.25) is 0 Å². The highest BCUT2D eigenvalue weighted by atomic mass is 16.5. The lowest BCUT2D eigenvalue weighted by molar-refractivity contribution is 0.0817. The lowest BCUT2D eigenvalue weighted by atomic mass is 10.2. The van der Waals surface area contributed by atoms with Crippen LogP contribution in [0.3, 0.4) is 0 Å². The van der Waals surface area contributed by atoms with Crippen LogP contribution in [0.15, 0.2) is 12.2 Å². The summed E-state index contributed by atoms with van der Waals surface area (Å²) in [5.74, 6) is 0. The van der Waals surface area contributed by atoms with E-state index in [4.69, 9.17) is 4.74 Å². The first kappa shape index (κ1) is 5.83. The van der Waals surface area contributed by atoms with Crippen molar-refractivity contribution in [1.29, 1.82) is 0 Å². The Morgan fingerprint density at radius 2 is 2.62 bits per heavy atom. The van der Waals surface area contributed by atoms with E-state index in [9.17, 15) is 0 Å². The fraction of sp³-hybridized carbons (Fsp3) is 0.571. The largest absolute Gasteiger partial charge is 0.374 e. The van der Waals surface area contributed by atoms with Gasteiger partial charge >= 0.3 is 0 Å². The average molecular weight is 111 g/mol. The zero-order valence-corrected chi connectivity index (χ0v) is 4.97. The highest BCUT2D eigenvalue weighted by Gasteiger charge is 2.03. The summed E-state index contributed by atoms with van der Waals surface area (Å²) in [7, 11) is 0. The predicted molar refractivity (Wildman–Crippen MR) is 33.5 cm³/mol. The minimum Gasteiger partial charge on any atom is -0.374 e. The molecule has 8 heavy (non-hydrogen) atoms. The van der Waals surface area contributed by atoms with Crippen LogP contribution in [0.25, 0.3) is 0 Å². The van der Waals surface area contributed by atoms with Crippen molar-refractivity contribution in [2.75, 3.05) is 6.61 Å². The number of rotatable bonds is 1. The maximum atomic E-state index is 5.28. The molecule has 1 heteroatoms. The molecule has 0 saturated heterocycles. The van der Waals surface area contributed by atoms with Crippen LogP contribution in [-0.4, -0.2) is 12.7 Å². The van der Waals surface area contributed by atoms with Gasteiger partial charge in [0.1, 0.15) is 0 Å². The molecular formula is C7H11O. The summed E-state index contributed by atoms with van der Waals surface area (Å²) in [5, 5.41) is 0. The molecule has 1 rings (SSSR count). The van der Waals surface area contributed by atoms with Gasteiger partial charge in [-0.05, 0) is 12.8 Å². The zero-order chi connectivity index (χ0) is 5.82. The van der Waals surface area contributed by atoms with E-state index >= 15 is 0 Å². The van der Waals surface area contributed by atoms with Gasteiger partial charge in [-0.1, -0.05) is 19.1 Å². The molecule has 1 unspecified atom stereocenters. The van der Waals surface area contributed by atoms with E-state index in [1.165, 1.54) is 0 Å². The summed E-state index contributed by atoms with van der Waals surface area (Å²) < 4.78 is 5.28. The molecule has 0 spiro atoms. The SMILES string of the molecule is [CH2]CC1C=CCCO1. The molecule has 0 fully saturated rings. The highest BCUT2D eigenvalue weighted by Crippen LogP contribution is 2.06. The molecule has 0 amide bonds.